The summed E-state index contributed by atoms with van der Waals surface area (Å²) >= 11 is 11.9. The van der Waals surface area contributed by atoms with Crippen LogP contribution in [0.4, 0.5) is 0 Å². The smallest absolute Gasteiger partial charge is 0.258 e. The fourth-order valence-electron chi connectivity index (χ4n) is 3.73. The first kappa shape index (κ1) is 21.5. The second-order valence-electron chi connectivity index (χ2n) is 7.73. The molecular formula is C24H25ClN4OS. The minimum Gasteiger partial charge on any atom is -0.351 e. The Morgan fingerprint density at radius 1 is 1.16 bits per heavy atom. The second-order valence-corrected chi connectivity index (χ2v) is 8.55. The van der Waals surface area contributed by atoms with Gasteiger partial charge in [-0.15, -0.1) is 0 Å². The van der Waals surface area contributed by atoms with Crippen LogP contribution in [0.2, 0.25) is 5.02 Å². The number of benzene rings is 2. The van der Waals surface area contributed by atoms with Crippen molar-refractivity contribution in [3.05, 3.63) is 76.3 Å². The van der Waals surface area contributed by atoms with Gasteiger partial charge in [0.25, 0.3) is 5.89 Å². The van der Waals surface area contributed by atoms with E-state index < -0.39 is 0 Å². The number of unbranched alkanes of at least 4 members (excludes halogenated alkanes) is 1. The maximum absolute atomic E-state index is 6.15. The molecule has 1 aromatic heterocycles. The Labute approximate surface area is 193 Å². The number of nitrogens with one attached hydrogen (secondary N) is 1. The molecule has 0 fully saturated rings. The molecule has 160 valence electrons. The van der Waals surface area contributed by atoms with E-state index in [0.29, 0.717) is 16.7 Å². The lowest BCUT2D eigenvalue weighted by atomic mass is 9.94. The third-order valence-corrected chi connectivity index (χ3v) is 6.05. The van der Waals surface area contributed by atoms with Gasteiger partial charge >= 0.3 is 0 Å². The average Bonchev–Trinajstić information content (AvgIpc) is 3.23. The zero-order valence-corrected chi connectivity index (χ0v) is 19.4. The summed E-state index contributed by atoms with van der Waals surface area (Å²) < 4.78 is 5.76. The molecule has 2 heterocycles. The lowest BCUT2D eigenvalue weighted by Gasteiger charge is -2.37. The first-order valence-corrected chi connectivity index (χ1v) is 11.2. The highest BCUT2D eigenvalue weighted by molar-refractivity contribution is 7.80. The number of halogens is 1. The fraction of sp³-hybridized carbons (Fsp3) is 0.292. The predicted molar refractivity (Wildman–Crippen MR) is 129 cm³/mol. The fourth-order valence-corrected chi connectivity index (χ4v) is 4.27. The molecule has 1 aliphatic heterocycles. The van der Waals surface area contributed by atoms with Crippen LogP contribution >= 0.6 is 23.8 Å². The van der Waals surface area contributed by atoms with Crippen LogP contribution in [0.15, 0.2) is 58.8 Å². The molecule has 7 heteroatoms. The van der Waals surface area contributed by atoms with E-state index in [2.05, 4.69) is 60.4 Å². The Balaban J connectivity index is 1.80. The second kappa shape index (κ2) is 9.20. The van der Waals surface area contributed by atoms with E-state index in [1.165, 1.54) is 5.56 Å². The number of hydrogen-bond donors (Lipinski definition) is 1. The molecule has 3 aromatic rings. The molecule has 0 spiro atoms. The van der Waals surface area contributed by atoms with Crippen molar-refractivity contribution < 1.29 is 4.52 Å². The molecule has 1 N–H and O–H groups in total. The third kappa shape index (κ3) is 4.50. The van der Waals surface area contributed by atoms with E-state index in [-0.39, 0.29) is 6.04 Å². The average molecular weight is 453 g/mol. The summed E-state index contributed by atoms with van der Waals surface area (Å²) in [6, 6.07) is 15.7. The van der Waals surface area contributed by atoms with Gasteiger partial charge in [-0.1, -0.05) is 72.1 Å². The minimum atomic E-state index is -0.168. The van der Waals surface area contributed by atoms with E-state index in [1.54, 1.807) is 0 Å². The van der Waals surface area contributed by atoms with E-state index >= 15 is 0 Å². The van der Waals surface area contributed by atoms with Gasteiger partial charge < -0.3 is 14.7 Å². The number of rotatable bonds is 6. The Kier molecular flexibility index (Phi) is 6.39. The van der Waals surface area contributed by atoms with Gasteiger partial charge in [-0.25, -0.2) is 0 Å². The highest BCUT2D eigenvalue weighted by Gasteiger charge is 2.33. The summed E-state index contributed by atoms with van der Waals surface area (Å²) in [5.41, 5.74) is 5.09. The zero-order valence-electron chi connectivity index (χ0n) is 17.9. The number of hydrogen-bond acceptors (Lipinski definition) is 4. The maximum Gasteiger partial charge on any atom is 0.258 e. The van der Waals surface area contributed by atoms with Crippen molar-refractivity contribution in [2.75, 3.05) is 6.54 Å². The van der Waals surface area contributed by atoms with Crippen LogP contribution in [0, 0.1) is 6.92 Å². The molecule has 31 heavy (non-hydrogen) atoms. The molecule has 0 aliphatic carbocycles. The van der Waals surface area contributed by atoms with Crippen LogP contribution in [0.5, 0.6) is 0 Å². The van der Waals surface area contributed by atoms with E-state index in [1.807, 2.05) is 24.3 Å². The molecule has 0 bridgehead atoms. The summed E-state index contributed by atoms with van der Waals surface area (Å²) in [5, 5.41) is 9.08. The summed E-state index contributed by atoms with van der Waals surface area (Å²) in [4.78, 5) is 6.85. The van der Waals surface area contributed by atoms with Crippen LogP contribution in [0.1, 0.15) is 49.7 Å². The lowest BCUT2D eigenvalue weighted by Crippen LogP contribution is -2.46. The molecule has 2 aromatic carbocycles. The van der Waals surface area contributed by atoms with Crippen molar-refractivity contribution in [2.24, 2.45) is 0 Å². The molecule has 0 amide bonds. The molecule has 1 aliphatic rings. The van der Waals surface area contributed by atoms with Gasteiger partial charge in [0.1, 0.15) is 0 Å². The summed E-state index contributed by atoms with van der Waals surface area (Å²) in [7, 11) is 0. The highest BCUT2D eigenvalue weighted by Crippen LogP contribution is 2.37. The Hall–Kier alpha value is -2.70. The van der Waals surface area contributed by atoms with Crippen molar-refractivity contribution in [2.45, 2.75) is 39.7 Å². The van der Waals surface area contributed by atoms with E-state index in [4.69, 9.17) is 33.3 Å². The summed E-state index contributed by atoms with van der Waals surface area (Å²) in [6.07, 6.45) is 2.13. The number of aryl methyl sites for hydroxylation is 1. The van der Waals surface area contributed by atoms with Gasteiger partial charge in [0, 0.05) is 22.8 Å². The van der Waals surface area contributed by atoms with Gasteiger partial charge in [-0.3, -0.25) is 0 Å². The Morgan fingerprint density at radius 3 is 2.65 bits per heavy atom. The van der Waals surface area contributed by atoms with Gasteiger partial charge in [0.05, 0.1) is 11.6 Å². The van der Waals surface area contributed by atoms with Crippen molar-refractivity contribution in [1.82, 2.24) is 20.4 Å². The molecule has 0 saturated heterocycles. The van der Waals surface area contributed by atoms with Crippen molar-refractivity contribution in [1.29, 1.82) is 0 Å². The van der Waals surface area contributed by atoms with Gasteiger partial charge in [0.15, 0.2) is 5.11 Å². The number of thiocarbonyl (C=S) groups is 1. The van der Waals surface area contributed by atoms with Gasteiger partial charge in [0.2, 0.25) is 5.82 Å². The SMILES string of the molecule is CCCCN1C(=S)NC(c2ccc(C)cc2)C(c2nc(-c3cccc(Cl)c3)no2)=C1C. The maximum atomic E-state index is 6.15. The highest BCUT2D eigenvalue weighted by atomic mass is 35.5. The standard InChI is InChI=1S/C24H25ClN4OS/c1-4-5-13-29-16(3)20(21(26-24(29)31)17-11-9-15(2)10-12-17)23-27-22(28-30-23)18-7-6-8-19(25)14-18/h6-12,14,21H,4-5,13H2,1-3H3,(H,26,31). The molecule has 1 unspecified atom stereocenters. The normalized spacial score (nSPS) is 16.6. The molecule has 5 nitrogen and oxygen atoms in total. The molecule has 0 saturated carbocycles. The van der Waals surface area contributed by atoms with Crippen LogP contribution < -0.4 is 5.32 Å². The lowest BCUT2D eigenvalue weighted by molar-refractivity contribution is 0.395. The van der Waals surface area contributed by atoms with Crippen molar-refractivity contribution in [3.63, 3.8) is 0 Å². The molecule has 0 radical (unpaired) electrons. The van der Waals surface area contributed by atoms with Crippen LogP contribution in [-0.2, 0) is 0 Å². The topological polar surface area (TPSA) is 54.2 Å². The number of allylic oxidation sites excluding steroid dienone is 1. The van der Waals surface area contributed by atoms with Crippen LogP contribution in [0.3, 0.4) is 0 Å². The number of nitrogens with zero attached hydrogens (tertiary/aromatic N) is 3. The zero-order chi connectivity index (χ0) is 22.0. The first-order valence-electron chi connectivity index (χ1n) is 10.4. The first-order chi connectivity index (χ1) is 15.0. The Bertz CT molecular complexity index is 1120. The quantitative estimate of drug-likeness (QED) is 0.452. The van der Waals surface area contributed by atoms with Gasteiger partial charge in [-0.2, -0.15) is 4.98 Å². The van der Waals surface area contributed by atoms with Crippen molar-refractivity contribution in [3.8, 4) is 11.4 Å². The number of aromatic nitrogens is 2. The van der Waals surface area contributed by atoms with Gasteiger partial charge in [-0.05, 0) is 50.2 Å². The largest absolute Gasteiger partial charge is 0.351 e. The van der Waals surface area contributed by atoms with Crippen molar-refractivity contribution >= 4 is 34.5 Å². The molecule has 1 atom stereocenters. The summed E-state index contributed by atoms with van der Waals surface area (Å²) in [6.45, 7) is 7.16. The molecular weight excluding hydrogens is 428 g/mol. The van der Waals surface area contributed by atoms with E-state index in [0.717, 1.165) is 46.9 Å². The molecule has 4 rings (SSSR count). The van der Waals surface area contributed by atoms with Crippen LogP contribution in [0.25, 0.3) is 17.0 Å². The Morgan fingerprint density at radius 2 is 1.94 bits per heavy atom. The van der Waals surface area contributed by atoms with Crippen LogP contribution in [-0.4, -0.2) is 26.7 Å². The minimum absolute atomic E-state index is 0.168. The monoisotopic (exact) mass is 452 g/mol. The third-order valence-electron chi connectivity index (χ3n) is 5.48. The van der Waals surface area contributed by atoms with E-state index in [9.17, 15) is 0 Å². The predicted octanol–water partition coefficient (Wildman–Crippen LogP) is 6.16. The summed E-state index contributed by atoms with van der Waals surface area (Å²) in [5.74, 6) is 0.989.